The van der Waals surface area contributed by atoms with Crippen LogP contribution in [0.4, 0.5) is 0 Å². The Bertz CT molecular complexity index is 1030. The second-order valence-corrected chi connectivity index (χ2v) is 7.72. The number of rotatable bonds is 5. The Labute approximate surface area is 158 Å². The molecule has 5 rings (SSSR count). The number of H-pyrrole nitrogens is 1. The summed E-state index contributed by atoms with van der Waals surface area (Å²) < 4.78 is 1.83. The Balaban J connectivity index is 1.23. The number of aryl methyl sites for hydroxylation is 1. The van der Waals surface area contributed by atoms with E-state index in [1.165, 1.54) is 44.1 Å². The fraction of sp³-hybridized carbons (Fsp3) is 0.429. The number of aromatic amines is 1. The highest BCUT2D eigenvalue weighted by molar-refractivity contribution is 5.92. The first-order valence-electron chi connectivity index (χ1n) is 9.94. The largest absolute Gasteiger partial charge is 0.346 e. The van der Waals surface area contributed by atoms with Gasteiger partial charge >= 0.3 is 0 Å². The van der Waals surface area contributed by atoms with E-state index in [9.17, 15) is 0 Å². The van der Waals surface area contributed by atoms with Crippen LogP contribution in [0.2, 0.25) is 0 Å². The third-order valence-corrected chi connectivity index (χ3v) is 6.06. The van der Waals surface area contributed by atoms with E-state index in [2.05, 4.69) is 43.5 Å². The van der Waals surface area contributed by atoms with Crippen LogP contribution in [-0.4, -0.2) is 29.8 Å². The van der Waals surface area contributed by atoms with Crippen molar-refractivity contribution in [2.75, 3.05) is 0 Å². The van der Waals surface area contributed by atoms with Gasteiger partial charge in [-0.1, -0.05) is 11.6 Å². The van der Waals surface area contributed by atoms with Crippen LogP contribution in [-0.2, 0) is 6.42 Å². The molecular formula is C21H24N6. The fourth-order valence-corrected chi connectivity index (χ4v) is 4.56. The van der Waals surface area contributed by atoms with Crippen LogP contribution in [0.5, 0.6) is 0 Å². The van der Waals surface area contributed by atoms with Crippen molar-refractivity contribution in [3.05, 3.63) is 54.4 Å². The summed E-state index contributed by atoms with van der Waals surface area (Å²) in [6.07, 6.45) is 16.2. The number of hydrogen-bond acceptors (Lipinski definition) is 4. The summed E-state index contributed by atoms with van der Waals surface area (Å²) in [7, 11) is 0. The van der Waals surface area contributed by atoms with Crippen molar-refractivity contribution in [2.24, 2.45) is 5.92 Å². The monoisotopic (exact) mass is 360 g/mol. The van der Waals surface area contributed by atoms with Gasteiger partial charge in [0.2, 0.25) is 0 Å². The molecule has 1 aliphatic carbocycles. The molecule has 0 unspecified atom stereocenters. The van der Waals surface area contributed by atoms with Crippen molar-refractivity contribution in [3.63, 3.8) is 0 Å². The molecule has 1 fully saturated rings. The van der Waals surface area contributed by atoms with E-state index in [4.69, 9.17) is 0 Å². The van der Waals surface area contributed by atoms with E-state index in [-0.39, 0.29) is 0 Å². The average Bonchev–Trinajstić information content (AvgIpc) is 3.36. The molecule has 4 heterocycles. The SMILES string of the molecule is c1cc(CCCC2CCC(c3nnn4cnc5[nH]ccc5c34)CC2)ccn1. The van der Waals surface area contributed by atoms with Crippen LogP contribution in [0.25, 0.3) is 16.6 Å². The smallest absolute Gasteiger partial charge is 0.141 e. The molecule has 1 saturated carbocycles. The highest BCUT2D eigenvalue weighted by Crippen LogP contribution is 2.39. The van der Waals surface area contributed by atoms with E-state index in [0.717, 1.165) is 34.6 Å². The molecule has 1 aliphatic rings. The molecule has 4 aromatic rings. The van der Waals surface area contributed by atoms with Crippen LogP contribution in [0.3, 0.4) is 0 Å². The molecular weight excluding hydrogens is 336 g/mol. The summed E-state index contributed by atoms with van der Waals surface area (Å²) in [5.41, 5.74) is 4.59. The first kappa shape index (κ1) is 16.4. The lowest BCUT2D eigenvalue weighted by atomic mass is 9.78. The van der Waals surface area contributed by atoms with Crippen LogP contribution in [0, 0.1) is 5.92 Å². The van der Waals surface area contributed by atoms with Gasteiger partial charge in [0.15, 0.2) is 0 Å². The maximum absolute atomic E-state index is 4.53. The standard InChI is InChI=1S/C21H24N6/c1(3-16-8-11-22-12-9-16)2-15-4-6-17(7-5-15)19-20-18-10-13-23-21(18)24-14-27(20)26-25-19/h8-15,17,23H,1-7H2. The second kappa shape index (κ2) is 7.10. The summed E-state index contributed by atoms with van der Waals surface area (Å²) >= 11 is 0. The Kier molecular flexibility index (Phi) is 4.32. The van der Waals surface area contributed by atoms with E-state index in [1.54, 1.807) is 6.33 Å². The van der Waals surface area contributed by atoms with Gasteiger partial charge in [-0.2, -0.15) is 0 Å². The quantitative estimate of drug-likeness (QED) is 0.576. The van der Waals surface area contributed by atoms with Crippen molar-refractivity contribution < 1.29 is 0 Å². The van der Waals surface area contributed by atoms with Crippen molar-refractivity contribution in [1.82, 2.24) is 29.8 Å². The molecule has 4 aromatic heterocycles. The Morgan fingerprint density at radius 1 is 1.07 bits per heavy atom. The zero-order valence-corrected chi connectivity index (χ0v) is 15.4. The molecule has 0 radical (unpaired) electrons. The van der Waals surface area contributed by atoms with Crippen LogP contribution < -0.4 is 0 Å². The minimum absolute atomic E-state index is 0.513. The summed E-state index contributed by atoms with van der Waals surface area (Å²) in [5, 5.41) is 9.96. The predicted molar refractivity (Wildman–Crippen MR) is 105 cm³/mol. The number of hydrogen-bond donors (Lipinski definition) is 1. The summed E-state index contributed by atoms with van der Waals surface area (Å²) in [4.78, 5) is 11.7. The van der Waals surface area contributed by atoms with Gasteiger partial charge in [-0.05, 0) is 68.2 Å². The van der Waals surface area contributed by atoms with Gasteiger partial charge in [-0.3, -0.25) is 4.98 Å². The summed E-state index contributed by atoms with van der Waals surface area (Å²) in [6, 6.07) is 6.34. The van der Waals surface area contributed by atoms with Crippen LogP contribution >= 0.6 is 0 Å². The fourth-order valence-electron chi connectivity index (χ4n) is 4.56. The number of aromatic nitrogens is 6. The first-order chi connectivity index (χ1) is 13.4. The molecule has 0 aromatic carbocycles. The third kappa shape index (κ3) is 3.20. The average molecular weight is 360 g/mol. The van der Waals surface area contributed by atoms with Crippen LogP contribution in [0.15, 0.2) is 43.1 Å². The van der Waals surface area contributed by atoms with E-state index >= 15 is 0 Å². The highest BCUT2D eigenvalue weighted by atomic mass is 15.4. The molecule has 6 nitrogen and oxygen atoms in total. The summed E-state index contributed by atoms with van der Waals surface area (Å²) in [6.45, 7) is 0. The zero-order valence-electron chi connectivity index (χ0n) is 15.4. The van der Waals surface area contributed by atoms with Gasteiger partial charge in [0, 0.05) is 29.9 Å². The molecule has 0 saturated heterocycles. The Morgan fingerprint density at radius 2 is 1.93 bits per heavy atom. The lowest BCUT2D eigenvalue weighted by Gasteiger charge is -2.27. The van der Waals surface area contributed by atoms with Crippen molar-refractivity contribution in [1.29, 1.82) is 0 Å². The molecule has 0 atom stereocenters. The Hall–Kier alpha value is -2.76. The van der Waals surface area contributed by atoms with Crippen molar-refractivity contribution in [2.45, 2.75) is 50.9 Å². The molecule has 0 spiro atoms. The maximum atomic E-state index is 4.53. The third-order valence-electron chi connectivity index (χ3n) is 6.06. The van der Waals surface area contributed by atoms with Gasteiger partial charge in [0.1, 0.15) is 17.5 Å². The minimum Gasteiger partial charge on any atom is -0.346 e. The molecule has 6 heteroatoms. The molecule has 1 N–H and O–H groups in total. The van der Waals surface area contributed by atoms with E-state index < -0.39 is 0 Å². The molecule has 138 valence electrons. The van der Waals surface area contributed by atoms with Gasteiger partial charge in [-0.25, -0.2) is 9.50 Å². The number of nitrogens with one attached hydrogen (secondary N) is 1. The van der Waals surface area contributed by atoms with Crippen molar-refractivity contribution >= 4 is 16.6 Å². The van der Waals surface area contributed by atoms with Gasteiger partial charge in [-0.15, -0.1) is 5.10 Å². The maximum Gasteiger partial charge on any atom is 0.141 e. The predicted octanol–water partition coefficient (Wildman–Crippen LogP) is 4.30. The molecule has 0 amide bonds. The Morgan fingerprint density at radius 3 is 2.78 bits per heavy atom. The minimum atomic E-state index is 0.513. The topological polar surface area (TPSA) is 71.8 Å². The highest BCUT2D eigenvalue weighted by Gasteiger charge is 2.26. The number of fused-ring (bicyclic) bond motifs is 3. The summed E-state index contributed by atoms with van der Waals surface area (Å²) in [5.74, 6) is 1.36. The molecule has 27 heavy (non-hydrogen) atoms. The molecule has 0 aliphatic heterocycles. The molecule has 0 bridgehead atoms. The van der Waals surface area contributed by atoms with Crippen molar-refractivity contribution in [3.8, 4) is 0 Å². The normalized spacial score (nSPS) is 20.4. The number of nitrogens with zero attached hydrogens (tertiary/aromatic N) is 5. The van der Waals surface area contributed by atoms with Crippen LogP contribution in [0.1, 0.15) is 55.7 Å². The second-order valence-electron chi connectivity index (χ2n) is 7.72. The van der Waals surface area contributed by atoms with E-state index in [0.29, 0.717) is 5.92 Å². The van der Waals surface area contributed by atoms with Gasteiger partial charge < -0.3 is 4.98 Å². The van der Waals surface area contributed by atoms with Gasteiger partial charge in [0.25, 0.3) is 0 Å². The first-order valence-corrected chi connectivity index (χ1v) is 9.94. The lowest BCUT2D eigenvalue weighted by Crippen LogP contribution is -2.14. The lowest BCUT2D eigenvalue weighted by molar-refractivity contribution is 0.303. The zero-order chi connectivity index (χ0) is 18.1. The number of pyridine rings is 1. The van der Waals surface area contributed by atoms with Gasteiger partial charge in [0.05, 0.1) is 5.69 Å². The van der Waals surface area contributed by atoms with E-state index in [1.807, 2.05) is 23.1 Å².